The van der Waals surface area contributed by atoms with Gasteiger partial charge in [-0.1, -0.05) is 12.1 Å². The van der Waals surface area contributed by atoms with E-state index in [2.05, 4.69) is 4.90 Å². The molecule has 2 saturated heterocycles. The van der Waals surface area contributed by atoms with Crippen LogP contribution >= 0.6 is 0 Å². The molecular weight excluding hydrogens is 245 g/mol. The van der Waals surface area contributed by atoms with Crippen molar-refractivity contribution < 1.29 is 14.2 Å². The molecule has 4 heteroatoms. The fourth-order valence-electron chi connectivity index (χ4n) is 3.22. The number of halogens is 1. The topological polar surface area (TPSA) is 32.7 Å². The smallest absolute Gasteiger partial charge is 0.123 e. The summed E-state index contributed by atoms with van der Waals surface area (Å²) in [7, 11) is 0. The Bertz CT molecular complexity index is 428. The van der Waals surface area contributed by atoms with Crippen molar-refractivity contribution in [2.75, 3.05) is 19.7 Å². The van der Waals surface area contributed by atoms with Crippen molar-refractivity contribution in [3.05, 3.63) is 35.6 Å². The zero-order valence-corrected chi connectivity index (χ0v) is 11.0. The highest BCUT2D eigenvalue weighted by Gasteiger charge is 2.45. The molecule has 0 amide bonds. The number of piperidine rings is 1. The number of rotatable bonds is 2. The average molecular weight is 265 g/mol. The fraction of sp³-hybridized carbons (Fsp3) is 0.600. The molecule has 1 spiro atoms. The summed E-state index contributed by atoms with van der Waals surface area (Å²) in [5.74, 6) is -0.201. The Labute approximate surface area is 113 Å². The number of aliphatic hydroxyl groups excluding tert-OH is 1. The van der Waals surface area contributed by atoms with Gasteiger partial charge in [-0.2, -0.15) is 0 Å². The standard InChI is InChI=1S/C15H20FNO2/c16-13-4-2-12(3-5-13)10-17-8-6-14(18)15(11-17)7-1-9-19-15/h2-5,14,18H,1,6-11H2/t14-,15-/m0/s1. The van der Waals surface area contributed by atoms with E-state index in [0.29, 0.717) is 0 Å². The second-order valence-corrected chi connectivity index (χ2v) is 5.66. The number of likely N-dealkylation sites (tertiary alicyclic amines) is 1. The highest BCUT2D eigenvalue weighted by molar-refractivity contribution is 5.16. The molecule has 3 rings (SSSR count). The Kier molecular flexibility index (Phi) is 3.56. The lowest BCUT2D eigenvalue weighted by atomic mass is 9.87. The van der Waals surface area contributed by atoms with Crippen molar-refractivity contribution in [2.45, 2.75) is 37.5 Å². The molecule has 0 bridgehead atoms. The molecule has 3 nitrogen and oxygen atoms in total. The van der Waals surface area contributed by atoms with Crippen LogP contribution in [0.15, 0.2) is 24.3 Å². The molecule has 0 radical (unpaired) electrons. The molecule has 2 heterocycles. The van der Waals surface area contributed by atoms with E-state index in [-0.39, 0.29) is 17.5 Å². The van der Waals surface area contributed by atoms with E-state index in [1.165, 1.54) is 12.1 Å². The molecular formula is C15H20FNO2. The Morgan fingerprint density at radius 1 is 1.37 bits per heavy atom. The van der Waals surface area contributed by atoms with E-state index in [1.54, 1.807) is 0 Å². The van der Waals surface area contributed by atoms with Crippen LogP contribution < -0.4 is 0 Å². The van der Waals surface area contributed by atoms with Crippen LogP contribution in [0.5, 0.6) is 0 Å². The van der Waals surface area contributed by atoms with Crippen molar-refractivity contribution >= 4 is 0 Å². The molecule has 1 N–H and O–H groups in total. The van der Waals surface area contributed by atoms with Crippen molar-refractivity contribution in [1.29, 1.82) is 0 Å². The van der Waals surface area contributed by atoms with E-state index in [4.69, 9.17) is 4.74 Å². The molecule has 19 heavy (non-hydrogen) atoms. The summed E-state index contributed by atoms with van der Waals surface area (Å²) < 4.78 is 18.7. The monoisotopic (exact) mass is 265 g/mol. The van der Waals surface area contributed by atoms with Gasteiger partial charge in [0.2, 0.25) is 0 Å². The summed E-state index contributed by atoms with van der Waals surface area (Å²) in [6.07, 6.45) is 2.37. The quantitative estimate of drug-likeness (QED) is 0.887. The first-order chi connectivity index (χ1) is 9.18. The van der Waals surface area contributed by atoms with Gasteiger partial charge >= 0.3 is 0 Å². The summed E-state index contributed by atoms with van der Waals surface area (Å²) in [5, 5.41) is 10.2. The van der Waals surface area contributed by atoms with Gasteiger partial charge in [-0.15, -0.1) is 0 Å². The van der Waals surface area contributed by atoms with E-state index in [9.17, 15) is 9.50 Å². The Morgan fingerprint density at radius 2 is 2.16 bits per heavy atom. The lowest BCUT2D eigenvalue weighted by Crippen LogP contribution is -2.56. The Hall–Kier alpha value is -0.970. The maximum Gasteiger partial charge on any atom is 0.123 e. The van der Waals surface area contributed by atoms with Crippen LogP contribution in [0.3, 0.4) is 0 Å². The predicted octanol–water partition coefficient (Wildman–Crippen LogP) is 1.94. The van der Waals surface area contributed by atoms with Gasteiger partial charge in [0.05, 0.1) is 6.10 Å². The van der Waals surface area contributed by atoms with Crippen LogP contribution in [0.1, 0.15) is 24.8 Å². The van der Waals surface area contributed by atoms with E-state index in [1.807, 2.05) is 12.1 Å². The molecule has 2 fully saturated rings. The first-order valence-electron chi connectivity index (χ1n) is 6.97. The van der Waals surface area contributed by atoms with Crippen molar-refractivity contribution in [3.8, 4) is 0 Å². The number of hydrogen-bond acceptors (Lipinski definition) is 3. The number of hydrogen-bond donors (Lipinski definition) is 1. The van der Waals surface area contributed by atoms with Crippen molar-refractivity contribution in [3.63, 3.8) is 0 Å². The third kappa shape index (κ3) is 2.66. The van der Waals surface area contributed by atoms with Crippen LogP contribution in [0.25, 0.3) is 0 Å². The molecule has 0 saturated carbocycles. The molecule has 1 aromatic rings. The summed E-state index contributed by atoms with van der Waals surface area (Å²) >= 11 is 0. The fourth-order valence-corrected chi connectivity index (χ4v) is 3.22. The highest BCUT2D eigenvalue weighted by atomic mass is 19.1. The maximum absolute atomic E-state index is 12.9. The van der Waals surface area contributed by atoms with Gasteiger partial charge in [0, 0.05) is 26.2 Å². The van der Waals surface area contributed by atoms with E-state index in [0.717, 1.165) is 51.1 Å². The normalized spacial score (nSPS) is 32.0. The molecule has 2 atom stereocenters. The number of benzene rings is 1. The zero-order chi connectivity index (χ0) is 13.3. The van der Waals surface area contributed by atoms with Gasteiger partial charge < -0.3 is 9.84 Å². The molecule has 0 aromatic heterocycles. The van der Waals surface area contributed by atoms with Gasteiger partial charge in [-0.25, -0.2) is 4.39 Å². The van der Waals surface area contributed by atoms with Gasteiger partial charge in [0.15, 0.2) is 0 Å². The van der Waals surface area contributed by atoms with E-state index >= 15 is 0 Å². The molecule has 2 aliphatic rings. The lowest BCUT2D eigenvalue weighted by molar-refractivity contribution is -0.132. The number of aliphatic hydroxyl groups is 1. The highest BCUT2D eigenvalue weighted by Crippen LogP contribution is 2.35. The van der Waals surface area contributed by atoms with Crippen molar-refractivity contribution in [1.82, 2.24) is 4.90 Å². The van der Waals surface area contributed by atoms with Crippen LogP contribution in [-0.4, -0.2) is 41.4 Å². The summed E-state index contributed by atoms with van der Waals surface area (Å²) in [6.45, 7) is 3.18. The molecule has 0 aliphatic carbocycles. The first kappa shape index (κ1) is 13.0. The summed E-state index contributed by atoms with van der Waals surface area (Å²) in [4.78, 5) is 2.30. The van der Waals surface area contributed by atoms with Crippen LogP contribution in [0.4, 0.5) is 4.39 Å². The zero-order valence-electron chi connectivity index (χ0n) is 11.0. The third-order valence-electron chi connectivity index (χ3n) is 4.27. The number of ether oxygens (including phenoxy) is 1. The van der Waals surface area contributed by atoms with E-state index < -0.39 is 0 Å². The summed E-state index contributed by atoms with van der Waals surface area (Å²) in [5.41, 5.74) is 0.740. The Morgan fingerprint density at radius 3 is 2.84 bits per heavy atom. The lowest BCUT2D eigenvalue weighted by Gasteiger charge is -2.43. The van der Waals surface area contributed by atoms with Gasteiger partial charge in [-0.05, 0) is 37.0 Å². The largest absolute Gasteiger partial charge is 0.390 e. The minimum absolute atomic E-state index is 0.201. The average Bonchev–Trinajstić information content (AvgIpc) is 2.86. The predicted molar refractivity (Wildman–Crippen MR) is 70.2 cm³/mol. The molecule has 1 aromatic carbocycles. The van der Waals surface area contributed by atoms with Crippen LogP contribution in [0, 0.1) is 5.82 Å². The van der Waals surface area contributed by atoms with Gasteiger partial charge in [0.25, 0.3) is 0 Å². The maximum atomic E-state index is 12.9. The second kappa shape index (κ2) is 5.19. The van der Waals surface area contributed by atoms with Gasteiger partial charge in [0.1, 0.15) is 11.4 Å². The molecule has 2 aliphatic heterocycles. The molecule has 0 unspecified atom stereocenters. The third-order valence-corrected chi connectivity index (χ3v) is 4.27. The molecule has 104 valence electrons. The van der Waals surface area contributed by atoms with Crippen molar-refractivity contribution in [2.24, 2.45) is 0 Å². The first-order valence-corrected chi connectivity index (χ1v) is 6.97. The van der Waals surface area contributed by atoms with Crippen LogP contribution in [-0.2, 0) is 11.3 Å². The minimum Gasteiger partial charge on any atom is -0.390 e. The summed E-state index contributed by atoms with van der Waals surface area (Å²) in [6, 6.07) is 6.64. The van der Waals surface area contributed by atoms with Crippen LogP contribution in [0.2, 0.25) is 0 Å². The van der Waals surface area contributed by atoms with Gasteiger partial charge in [-0.3, -0.25) is 4.90 Å². The SMILES string of the molecule is O[C@H]1CCN(Cc2ccc(F)cc2)C[C@@]12CCCO2. The number of nitrogens with zero attached hydrogens (tertiary/aromatic N) is 1. The second-order valence-electron chi connectivity index (χ2n) is 5.66. The Balaban J connectivity index is 1.67. The minimum atomic E-state index is -0.363.